The fraction of sp³-hybridized carbons (Fsp3) is 0.644. The van der Waals surface area contributed by atoms with Gasteiger partial charge in [-0.1, -0.05) is 75.6 Å². The van der Waals surface area contributed by atoms with E-state index in [9.17, 15) is 28.8 Å². The molecule has 1 aliphatic heterocycles. The van der Waals surface area contributed by atoms with E-state index in [1.54, 1.807) is 11.0 Å². The topological polar surface area (TPSA) is 166 Å². The molecule has 12 heteroatoms. The van der Waals surface area contributed by atoms with Crippen molar-refractivity contribution in [1.82, 2.24) is 31.5 Å². The lowest BCUT2D eigenvalue weighted by Crippen LogP contribution is -2.64. The quantitative estimate of drug-likeness (QED) is 0.0928. The van der Waals surface area contributed by atoms with E-state index in [2.05, 4.69) is 47.0 Å². The van der Waals surface area contributed by atoms with Crippen molar-refractivity contribution in [3.8, 4) is 0 Å². The molecule has 0 aromatic heterocycles. The summed E-state index contributed by atoms with van der Waals surface area (Å²) in [6.45, 7) is 8.66. The molecule has 6 amide bonds. The predicted molar refractivity (Wildman–Crippen MR) is 216 cm³/mol. The highest BCUT2D eigenvalue weighted by Gasteiger charge is 2.70. The van der Waals surface area contributed by atoms with Crippen LogP contribution in [0.1, 0.15) is 103 Å². The summed E-state index contributed by atoms with van der Waals surface area (Å²) < 4.78 is 0. The largest absolute Gasteiger partial charge is 0.348 e. The number of Topliss-reactive ketones (excluding diaryl/α,β-unsaturated/α-hetero) is 1. The van der Waals surface area contributed by atoms with Crippen LogP contribution in [-0.4, -0.2) is 77.1 Å². The summed E-state index contributed by atoms with van der Waals surface area (Å²) >= 11 is 0. The van der Waals surface area contributed by atoms with Gasteiger partial charge in [-0.25, -0.2) is 4.79 Å². The number of fused-ring (bicyclic) bond motifs is 1. The second-order valence-electron chi connectivity index (χ2n) is 18.7. The van der Waals surface area contributed by atoms with E-state index in [4.69, 9.17) is 0 Å². The smallest absolute Gasteiger partial charge is 0.315 e. The summed E-state index contributed by atoms with van der Waals surface area (Å²) in [5.41, 5.74) is 0.570. The molecule has 1 aromatic carbocycles. The molecule has 0 spiro atoms. The van der Waals surface area contributed by atoms with Gasteiger partial charge in [-0.15, -0.1) is 6.58 Å². The molecule has 5 N–H and O–H groups in total. The Hall–Kier alpha value is -4.48. The summed E-state index contributed by atoms with van der Waals surface area (Å²) in [5, 5.41) is 14.8. The Kier molecular flexibility index (Phi) is 12.3. The summed E-state index contributed by atoms with van der Waals surface area (Å²) in [5.74, 6) is -0.770. The van der Waals surface area contributed by atoms with Crippen molar-refractivity contribution in [2.75, 3.05) is 13.1 Å². The fourth-order valence-electron chi connectivity index (χ4n) is 11.7. The number of benzene rings is 1. The molecule has 6 saturated carbocycles. The summed E-state index contributed by atoms with van der Waals surface area (Å²) in [7, 11) is 0. The number of hydrogen-bond donors (Lipinski definition) is 5. The van der Waals surface area contributed by atoms with Crippen molar-refractivity contribution in [1.29, 1.82) is 0 Å². The first-order valence-corrected chi connectivity index (χ1v) is 21.5. The molecule has 8 rings (SSSR count). The van der Waals surface area contributed by atoms with Crippen LogP contribution in [-0.2, 0) is 30.5 Å². The first kappa shape index (κ1) is 40.7. The molecular formula is C45H62N6O6. The van der Waals surface area contributed by atoms with Crippen LogP contribution in [0.15, 0.2) is 55.1 Å². The molecule has 5 atom stereocenters. The number of allylic oxidation sites excluding steroid dienone is 1. The van der Waals surface area contributed by atoms with Gasteiger partial charge in [0.1, 0.15) is 12.1 Å². The Labute approximate surface area is 337 Å². The van der Waals surface area contributed by atoms with Gasteiger partial charge in [0.2, 0.25) is 23.5 Å². The molecule has 7 aliphatic rings. The van der Waals surface area contributed by atoms with Crippen LogP contribution in [0.2, 0.25) is 0 Å². The minimum atomic E-state index is -1.13. The molecule has 0 unspecified atom stereocenters. The van der Waals surface area contributed by atoms with Crippen molar-refractivity contribution in [3.63, 3.8) is 0 Å². The van der Waals surface area contributed by atoms with Crippen molar-refractivity contribution in [2.45, 2.75) is 128 Å². The lowest BCUT2D eigenvalue weighted by atomic mass is 9.53. The Morgan fingerprint density at radius 2 is 1.56 bits per heavy atom. The Bertz CT molecular complexity index is 1700. The first-order chi connectivity index (χ1) is 27.4. The van der Waals surface area contributed by atoms with Crippen molar-refractivity contribution in [3.05, 3.63) is 60.7 Å². The van der Waals surface area contributed by atoms with Crippen molar-refractivity contribution >= 4 is 35.4 Å². The van der Waals surface area contributed by atoms with Crippen molar-refractivity contribution in [2.24, 2.45) is 40.9 Å². The highest BCUT2D eigenvalue weighted by molar-refractivity contribution is 6.38. The number of rotatable bonds is 16. The molecule has 0 radical (unpaired) electrons. The number of amides is 6. The molecule has 1 saturated heterocycles. The number of ketones is 1. The van der Waals surface area contributed by atoms with E-state index in [1.807, 2.05) is 30.3 Å². The first-order valence-electron chi connectivity index (χ1n) is 21.5. The molecular weight excluding hydrogens is 721 g/mol. The van der Waals surface area contributed by atoms with E-state index in [1.165, 1.54) is 31.4 Å². The maximum absolute atomic E-state index is 14.8. The third-order valence-electron chi connectivity index (χ3n) is 14.3. The van der Waals surface area contributed by atoms with Gasteiger partial charge in [0, 0.05) is 31.2 Å². The second kappa shape index (κ2) is 17.2. The van der Waals surface area contributed by atoms with Crippen LogP contribution in [0.5, 0.6) is 0 Å². The lowest BCUT2D eigenvalue weighted by Gasteiger charge is -2.56. The predicted octanol–water partition coefficient (Wildman–Crippen LogP) is 4.70. The lowest BCUT2D eigenvalue weighted by molar-refractivity contribution is -0.144. The number of carbonyl (C=O) groups is 6. The minimum absolute atomic E-state index is 0.0309. The number of hydrogen-bond acceptors (Lipinski definition) is 6. The van der Waals surface area contributed by atoms with E-state index < -0.39 is 35.7 Å². The molecule has 7 fully saturated rings. The van der Waals surface area contributed by atoms with E-state index in [-0.39, 0.29) is 59.5 Å². The van der Waals surface area contributed by atoms with Crippen LogP contribution in [0.4, 0.5) is 4.79 Å². The SMILES string of the molecule is C=CCC[C@H](NC(=O)[C@@H]1[C@@H]2[C@H](CN1C(=O)[C@@H](NC(=O)NC13CC4CC(CC(C4)C1)C3)C1CCCCC1)C2(C)C)C(=O)C(=O)NCC=CC(=O)NCc1ccccc1. The third kappa shape index (κ3) is 9.15. The van der Waals surface area contributed by atoms with E-state index >= 15 is 0 Å². The van der Waals surface area contributed by atoms with Gasteiger partial charge in [0.15, 0.2) is 0 Å². The highest BCUT2D eigenvalue weighted by Crippen LogP contribution is 2.65. The third-order valence-corrected chi connectivity index (χ3v) is 14.3. The van der Waals surface area contributed by atoms with E-state index in [0.29, 0.717) is 37.3 Å². The van der Waals surface area contributed by atoms with Crippen LogP contribution < -0.4 is 26.6 Å². The molecule has 1 heterocycles. The number of nitrogens with one attached hydrogen (secondary N) is 5. The number of carbonyl (C=O) groups excluding carboxylic acids is 6. The molecule has 6 aliphatic carbocycles. The summed E-state index contributed by atoms with van der Waals surface area (Å²) in [4.78, 5) is 83.5. The number of urea groups is 1. The maximum atomic E-state index is 14.8. The normalized spacial score (nSPS) is 30.5. The van der Waals surface area contributed by atoms with Gasteiger partial charge in [-0.05, 0) is 111 Å². The van der Waals surface area contributed by atoms with Crippen LogP contribution in [0, 0.1) is 40.9 Å². The summed E-state index contributed by atoms with van der Waals surface area (Å²) in [6.07, 6.45) is 16.5. The zero-order valence-corrected chi connectivity index (χ0v) is 33.7. The fourth-order valence-corrected chi connectivity index (χ4v) is 11.7. The van der Waals surface area contributed by atoms with Gasteiger partial charge in [0.05, 0.1) is 6.04 Å². The average Bonchev–Trinajstić information content (AvgIpc) is 3.48. The zero-order chi connectivity index (χ0) is 40.3. The van der Waals surface area contributed by atoms with Crippen LogP contribution in [0.3, 0.4) is 0 Å². The molecule has 308 valence electrons. The van der Waals surface area contributed by atoms with Crippen LogP contribution in [0.25, 0.3) is 0 Å². The number of likely N-dealkylation sites (tertiary alicyclic amines) is 1. The Morgan fingerprint density at radius 1 is 0.895 bits per heavy atom. The molecule has 4 bridgehead atoms. The molecule has 57 heavy (non-hydrogen) atoms. The van der Waals surface area contributed by atoms with Crippen molar-refractivity contribution < 1.29 is 28.8 Å². The van der Waals surface area contributed by atoms with Gasteiger partial charge in [-0.2, -0.15) is 0 Å². The van der Waals surface area contributed by atoms with Gasteiger partial charge in [-0.3, -0.25) is 24.0 Å². The maximum Gasteiger partial charge on any atom is 0.315 e. The zero-order valence-electron chi connectivity index (χ0n) is 33.7. The average molecular weight is 783 g/mol. The van der Waals surface area contributed by atoms with Crippen LogP contribution >= 0.6 is 0 Å². The standard InChI is InChI=1S/C45H62N6O6/c1-4-5-17-34(39(53)41(55)46-19-12-18-35(52)47-26-28-13-8-6-9-14-28)48-40(54)38-36-33(44(36,2)3)27-51(38)42(56)37(32-15-10-7-11-16-32)49-43(57)50-45-23-29-20-30(24-45)22-31(21-29)25-45/h4,6,8-9,12-14,18,29-34,36-38H,1,5,7,10-11,15-17,19-27H2,2-3H3,(H,46,55)(H,47,52)(H,48,54)(H2,49,50,57)/t29?,30?,31?,33-,34-,36-,37-,38-,45?/m0/s1. The van der Waals surface area contributed by atoms with Gasteiger partial charge >= 0.3 is 6.03 Å². The number of nitrogens with zero attached hydrogens (tertiary/aromatic N) is 1. The van der Waals surface area contributed by atoms with Gasteiger partial charge in [0.25, 0.3) is 5.91 Å². The Balaban J connectivity index is 0.996. The molecule has 12 nitrogen and oxygen atoms in total. The number of piperidine rings is 1. The van der Waals surface area contributed by atoms with E-state index in [0.717, 1.165) is 56.9 Å². The second-order valence-corrected chi connectivity index (χ2v) is 18.7. The van der Waals surface area contributed by atoms with Gasteiger partial charge < -0.3 is 31.5 Å². The summed E-state index contributed by atoms with van der Waals surface area (Å²) in [6, 6.07) is 6.46. The molecule has 1 aromatic rings. The highest BCUT2D eigenvalue weighted by atomic mass is 16.2. The Morgan fingerprint density at radius 3 is 2.21 bits per heavy atom. The monoisotopic (exact) mass is 782 g/mol. The minimum Gasteiger partial charge on any atom is -0.348 e.